The number of hydrogen-bond donors (Lipinski definition) is 3. The number of carbonyl (C=O) groups excluding carboxylic acids is 2. The van der Waals surface area contributed by atoms with Gasteiger partial charge in [-0.05, 0) is 37.0 Å². The third kappa shape index (κ3) is 5.59. The molecule has 0 bridgehead atoms. The molecule has 1 atom stereocenters. The third-order valence-electron chi connectivity index (χ3n) is 3.63. The number of nitrogens with two attached hydrogens (primary N) is 1. The van der Waals surface area contributed by atoms with Gasteiger partial charge in [0.15, 0.2) is 0 Å². The summed E-state index contributed by atoms with van der Waals surface area (Å²) < 4.78 is 27.5. The average molecular weight is 355 g/mol. The van der Waals surface area contributed by atoms with Crippen LogP contribution in [-0.2, 0) is 30.8 Å². The fraction of sp³-hybridized carbons (Fsp3) is 0.467. The Kier molecular flexibility index (Phi) is 6.29. The summed E-state index contributed by atoms with van der Waals surface area (Å²) in [6.07, 6.45) is 1.63. The molecule has 1 aromatic carbocycles. The largest absolute Gasteiger partial charge is 0.368 e. The minimum absolute atomic E-state index is 0.0483. The normalized spacial score (nSPS) is 17.5. The summed E-state index contributed by atoms with van der Waals surface area (Å²) in [4.78, 5) is 23.4. The molecule has 4 N–H and O–H groups in total. The van der Waals surface area contributed by atoms with E-state index in [9.17, 15) is 18.0 Å². The van der Waals surface area contributed by atoms with Gasteiger partial charge in [-0.15, -0.1) is 0 Å². The van der Waals surface area contributed by atoms with E-state index >= 15 is 0 Å². The second kappa shape index (κ2) is 8.22. The third-order valence-corrected chi connectivity index (χ3v) is 4.56. The maximum Gasteiger partial charge on any atom is 0.249 e. The van der Waals surface area contributed by atoms with Crippen molar-refractivity contribution in [1.82, 2.24) is 10.6 Å². The van der Waals surface area contributed by atoms with Crippen LogP contribution in [0.2, 0.25) is 0 Å². The maximum atomic E-state index is 11.7. The second-order valence-corrected chi connectivity index (χ2v) is 7.07. The Hall–Kier alpha value is -1.97. The van der Waals surface area contributed by atoms with E-state index in [1.54, 1.807) is 12.1 Å². The van der Waals surface area contributed by atoms with Crippen molar-refractivity contribution in [2.75, 3.05) is 19.7 Å². The quantitative estimate of drug-likeness (QED) is 0.595. The molecule has 8 nitrogen and oxygen atoms in total. The number of ether oxygens (including phenoxy) is 1. The van der Waals surface area contributed by atoms with Crippen molar-refractivity contribution in [3.8, 4) is 0 Å². The van der Waals surface area contributed by atoms with Gasteiger partial charge in [-0.1, -0.05) is 12.1 Å². The molecule has 1 saturated heterocycles. The number of sulfonamides is 1. The molecule has 0 spiro atoms. The highest BCUT2D eigenvalue weighted by atomic mass is 32.2. The van der Waals surface area contributed by atoms with Gasteiger partial charge in [-0.2, -0.15) is 0 Å². The minimum Gasteiger partial charge on any atom is -0.368 e. The van der Waals surface area contributed by atoms with E-state index in [0.29, 0.717) is 26.0 Å². The van der Waals surface area contributed by atoms with Crippen molar-refractivity contribution in [3.63, 3.8) is 0 Å². The highest BCUT2D eigenvalue weighted by molar-refractivity contribution is 7.89. The van der Waals surface area contributed by atoms with Crippen molar-refractivity contribution in [1.29, 1.82) is 0 Å². The Bertz CT molecular complexity index is 682. The standard InChI is InChI=1S/C15H21N3O5S/c16-24(21,22)12-5-3-11(4-6-12)7-8-17-14(19)10-18-15(20)13-2-1-9-23-13/h3-6,13H,1-2,7-10H2,(H,17,19)(H,18,20)(H2,16,21,22). The smallest absolute Gasteiger partial charge is 0.249 e. The van der Waals surface area contributed by atoms with E-state index in [2.05, 4.69) is 10.6 Å². The van der Waals surface area contributed by atoms with Crippen molar-refractivity contribution in [2.24, 2.45) is 5.14 Å². The SMILES string of the molecule is NS(=O)(=O)c1ccc(CCNC(=O)CNC(=O)C2CCCO2)cc1. The predicted molar refractivity (Wildman–Crippen MR) is 86.5 cm³/mol. The van der Waals surface area contributed by atoms with Gasteiger partial charge in [0.05, 0.1) is 11.4 Å². The fourth-order valence-electron chi connectivity index (χ4n) is 2.32. The number of benzene rings is 1. The lowest BCUT2D eigenvalue weighted by Crippen LogP contribution is -2.41. The van der Waals surface area contributed by atoms with Crippen LogP contribution in [0.25, 0.3) is 0 Å². The number of carbonyl (C=O) groups is 2. The Morgan fingerprint density at radius 3 is 2.50 bits per heavy atom. The summed E-state index contributed by atoms with van der Waals surface area (Å²) in [5.74, 6) is -0.552. The monoisotopic (exact) mass is 355 g/mol. The molecule has 9 heteroatoms. The Balaban J connectivity index is 1.67. The summed E-state index contributed by atoms with van der Waals surface area (Å²) in [6.45, 7) is 0.862. The first kappa shape index (κ1) is 18.4. The molecular formula is C15H21N3O5S. The summed E-state index contributed by atoms with van der Waals surface area (Å²) in [5, 5.41) is 10.2. The zero-order valence-electron chi connectivity index (χ0n) is 13.2. The zero-order chi connectivity index (χ0) is 17.6. The topological polar surface area (TPSA) is 128 Å². The first-order chi connectivity index (χ1) is 11.4. The van der Waals surface area contributed by atoms with Gasteiger partial charge in [-0.3, -0.25) is 9.59 Å². The van der Waals surface area contributed by atoms with E-state index < -0.39 is 16.1 Å². The molecule has 2 rings (SSSR count). The zero-order valence-corrected chi connectivity index (χ0v) is 14.0. The van der Waals surface area contributed by atoms with Gasteiger partial charge in [0, 0.05) is 13.2 Å². The summed E-state index contributed by atoms with van der Waals surface area (Å²) in [6, 6.07) is 6.14. The lowest BCUT2D eigenvalue weighted by atomic mass is 10.1. The van der Waals surface area contributed by atoms with Crippen LogP contribution in [0.4, 0.5) is 0 Å². The number of amides is 2. The van der Waals surface area contributed by atoms with E-state index in [1.807, 2.05) is 0 Å². The van der Waals surface area contributed by atoms with Gasteiger partial charge < -0.3 is 15.4 Å². The molecule has 24 heavy (non-hydrogen) atoms. The summed E-state index contributed by atoms with van der Waals surface area (Å²) in [5.41, 5.74) is 0.867. The molecule has 1 fully saturated rings. The van der Waals surface area contributed by atoms with Crippen LogP contribution in [0.1, 0.15) is 18.4 Å². The molecule has 2 amide bonds. The van der Waals surface area contributed by atoms with Gasteiger partial charge in [-0.25, -0.2) is 13.6 Å². The highest BCUT2D eigenvalue weighted by Crippen LogP contribution is 2.11. The second-order valence-electron chi connectivity index (χ2n) is 5.51. The summed E-state index contributed by atoms with van der Waals surface area (Å²) >= 11 is 0. The van der Waals surface area contributed by atoms with Crippen LogP contribution in [-0.4, -0.2) is 46.0 Å². The van der Waals surface area contributed by atoms with Crippen LogP contribution < -0.4 is 15.8 Å². The van der Waals surface area contributed by atoms with Crippen molar-refractivity contribution in [2.45, 2.75) is 30.3 Å². The van der Waals surface area contributed by atoms with Crippen LogP contribution in [0.5, 0.6) is 0 Å². The van der Waals surface area contributed by atoms with E-state index in [4.69, 9.17) is 9.88 Å². The Morgan fingerprint density at radius 1 is 1.21 bits per heavy atom. The molecule has 1 aromatic rings. The van der Waals surface area contributed by atoms with Gasteiger partial charge in [0.25, 0.3) is 0 Å². The van der Waals surface area contributed by atoms with Crippen molar-refractivity contribution >= 4 is 21.8 Å². The number of hydrogen-bond acceptors (Lipinski definition) is 5. The Labute approximate surface area is 140 Å². The number of rotatable bonds is 7. The lowest BCUT2D eigenvalue weighted by molar-refractivity contribution is -0.132. The van der Waals surface area contributed by atoms with E-state index in [1.165, 1.54) is 12.1 Å². The maximum absolute atomic E-state index is 11.7. The van der Waals surface area contributed by atoms with Crippen molar-refractivity contribution in [3.05, 3.63) is 29.8 Å². The first-order valence-electron chi connectivity index (χ1n) is 7.64. The average Bonchev–Trinajstić information content (AvgIpc) is 3.07. The van der Waals surface area contributed by atoms with Gasteiger partial charge in [0.2, 0.25) is 21.8 Å². The van der Waals surface area contributed by atoms with E-state index in [-0.39, 0.29) is 23.3 Å². The molecule has 1 aliphatic rings. The molecule has 0 aromatic heterocycles. The molecule has 1 aliphatic heterocycles. The Morgan fingerprint density at radius 2 is 1.92 bits per heavy atom. The number of primary sulfonamides is 1. The molecule has 0 saturated carbocycles. The first-order valence-corrected chi connectivity index (χ1v) is 9.18. The molecule has 0 aliphatic carbocycles. The lowest BCUT2D eigenvalue weighted by Gasteiger charge is -2.10. The van der Waals surface area contributed by atoms with Crippen LogP contribution in [0.3, 0.4) is 0 Å². The van der Waals surface area contributed by atoms with Crippen LogP contribution >= 0.6 is 0 Å². The molecule has 132 valence electrons. The molecule has 0 radical (unpaired) electrons. The highest BCUT2D eigenvalue weighted by Gasteiger charge is 2.23. The van der Waals surface area contributed by atoms with Gasteiger partial charge in [0.1, 0.15) is 6.10 Å². The van der Waals surface area contributed by atoms with Crippen LogP contribution in [0, 0.1) is 0 Å². The molecular weight excluding hydrogens is 334 g/mol. The van der Waals surface area contributed by atoms with Gasteiger partial charge >= 0.3 is 0 Å². The van der Waals surface area contributed by atoms with E-state index in [0.717, 1.165) is 12.0 Å². The fourth-order valence-corrected chi connectivity index (χ4v) is 2.84. The summed E-state index contributed by atoms with van der Waals surface area (Å²) in [7, 11) is -3.70. The number of nitrogens with one attached hydrogen (secondary N) is 2. The molecule has 1 heterocycles. The van der Waals surface area contributed by atoms with Crippen LogP contribution in [0.15, 0.2) is 29.2 Å². The predicted octanol–water partition coefficient (Wildman–Crippen LogP) is -0.712. The molecule has 1 unspecified atom stereocenters. The minimum atomic E-state index is -3.70. The van der Waals surface area contributed by atoms with Crippen molar-refractivity contribution < 1.29 is 22.7 Å².